The molecular formula is C18H26N2O4. The summed E-state index contributed by atoms with van der Waals surface area (Å²) in [7, 11) is 1.59. The minimum absolute atomic E-state index is 0.0686. The number of benzene rings is 1. The van der Waals surface area contributed by atoms with E-state index >= 15 is 0 Å². The molecule has 1 aliphatic heterocycles. The Morgan fingerprint density at radius 3 is 2.46 bits per heavy atom. The van der Waals surface area contributed by atoms with Crippen molar-refractivity contribution in [3.63, 3.8) is 0 Å². The van der Waals surface area contributed by atoms with Crippen molar-refractivity contribution in [3.8, 4) is 5.75 Å². The number of amides is 2. The van der Waals surface area contributed by atoms with Gasteiger partial charge in [-0.2, -0.15) is 0 Å². The van der Waals surface area contributed by atoms with E-state index < -0.39 is 5.60 Å². The predicted molar refractivity (Wildman–Crippen MR) is 91.3 cm³/mol. The zero-order valence-corrected chi connectivity index (χ0v) is 14.8. The first kappa shape index (κ1) is 18.1. The summed E-state index contributed by atoms with van der Waals surface area (Å²) in [6.45, 7) is 6.66. The maximum absolute atomic E-state index is 12.3. The second-order valence-electron chi connectivity index (χ2n) is 6.97. The molecule has 0 aliphatic carbocycles. The second-order valence-corrected chi connectivity index (χ2v) is 6.97. The topological polar surface area (TPSA) is 67.9 Å². The van der Waals surface area contributed by atoms with Gasteiger partial charge in [-0.05, 0) is 57.9 Å². The van der Waals surface area contributed by atoms with Gasteiger partial charge >= 0.3 is 6.09 Å². The quantitative estimate of drug-likeness (QED) is 0.923. The van der Waals surface area contributed by atoms with E-state index in [0.717, 1.165) is 12.8 Å². The third-order valence-corrected chi connectivity index (χ3v) is 3.76. The molecule has 1 aromatic carbocycles. The van der Waals surface area contributed by atoms with Gasteiger partial charge in [-0.25, -0.2) is 4.79 Å². The number of ether oxygens (including phenoxy) is 2. The van der Waals surface area contributed by atoms with Gasteiger partial charge in [0.05, 0.1) is 7.11 Å². The van der Waals surface area contributed by atoms with Crippen molar-refractivity contribution in [1.29, 1.82) is 0 Å². The van der Waals surface area contributed by atoms with E-state index in [2.05, 4.69) is 5.32 Å². The van der Waals surface area contributed by atoms with Crippen LogP contribution in [0.25, 0.3) is 0 Å². The monoisotopic (exact) mass is 334 g/mol. The van der Waals surface area contributed by atoms with Gasteiger partial charge in [0, 0.05) is 24.7 Å². The highest BCUT2D eigenvalue weighted by Gasteiger charge is 2.28. The van der Waals surface area contributed by atoms with Crippen molar-refractivity contribution in [3.05, 3.63) is 29.8 Å². The molecule has 24 heavy (non-hydrogen) atoms. The van der Waals surface area contributed by atoms with Crippen LogP contribution in [0.15, 0.2) is 24.3 Å². The summed E-state index contributed by atoms with van der Waals surface area (Å²) in [5.41, 5.74) is 0.0568. The Morgan fingerprint density at radius 2 is 1.88 bits per heavy atom. The van der Waals surface area contributed by atoms with E-state index in [-0.39, 0.29) is 18.0 Å². The molecular weight excluding hydrogens is 308 g/mol. The van der Waals surface area contributed by atoms with Crippen LogP contribution in [0.3, 0.4) is 0 Å². The van der Waals surface area contributed by atoms with Crippen molar-refractivity contribution in [2.45, 2.75) is 45.3 Å². The van der Waals surface area contributed by atoms with Crippen LogP contribution in [0.1, 0.15) is 44.0 Å². The standard InChI is InChI=1S/C18H26N2O4/c1-18(2,3)24-17(22)20-11-5-6-14(12-20)19-16(21)13-7-9-15(23-4)10-8-13/h7-10,14H,5-6,11-12H2,1-4H3,(H,19,21). The molecule has 6 nitrogen and oxygen atoms in total. The Balaban J connectivity index is 1.92. The molecule has 1 saturated heterocycles. The molecule has 1 N–H and O–H groups in total. The average Bonchev–Trinajstić information content (AvgIpc) is 2.53. The molecule has 6 heteroatoms. The summed E-state index contributed by atoms with van der Waals surface area (Å²) < 4.78 is 10.5. The number of hydrogen-bond donors (Lipinski definition) is 1. The fourth-order valence-corrected chi connectivity index (χ4v) is 2.60. The average molecular weight is 334 g/mol. The third kappa shape index (κ3) is 5.15. The maximum Gasteiger partial charge on any atom is 0.410 e. The molecule has 0 radical (unpaired) electrons. The van der Waals surface area contributed by atoms with Gasteiger partial charge in [-0.15, -0.1) is 0 Å². The van der Waals surface area contributed by atoms with Gasteiger partial charge in [0.15, 0.2) is 0 Å². The number of carbonyl (C=O) groups excluding carboxylic acids is 2. The van der Waals surface area contributed by atoms with Crippen molar-refractivity contribution in [1.82, 2.24) is 10.2 Å². The Morgan fingerprint density at radius 1 is 1.21 bits per heavy atom. The smallest absolute Gasteiger partial charge is 0.410 e. The lowest BCUT2D eigenvalue weighted by molar-refractivity contribution is 0.0185. The molecule has 0 saturated carbocycles. The molecule has 0 spiro atoms. The predicted octanol–water partition coefficient (Wildman–Crippen LogP) is 2.82. The van der Waals surface area contributed by atoms with E-state index in [1.165, 1.54) is 0 Å². The Bertz CT molecular complexity index is 578. The highest BCUT2D eigenvalue weighted by atomic mass is 16.6. The van der Waals surface area contributed by atoms with Gasteiger partial charge in [-0.1, -0.05) is 0 Å². The number of hydrogen-bond acceptors (Lipinski definition) is 4. The number of carbonyl (C=O) groups is 2. The fraction of sp³-hybridized carbons (Fsp3) is 0.556. The lowest BCUT2D eigenvalue weighted by Gasteiger charge is -2.34. The van der Waals surface area contributed by atoms with Crippen LogP contribution in [0.2, 0.25) is 0 Å². The molecule has 2 rings (SSSR count). The van der Waals surface area contributed by atoms with Crippen LogP contribution in [-0.2, 0) is 4.74 Å². The van der Waals surface area contributed by atoms with Gasteiger partial charge in [0.2, 0.25) is 0 Å². The lowest BCUT2D eigenvalue weighted by Crippen LogP contribution is -2.50. The molecule has 1 aliphatic rings. The molecule has 2 amide bonds. The summed E-state index contributed by atoms with van der Waals surface area (Å²) in [5.74, 6) is 0.564. The van der Waals surface area contributed by atoms with Crippen LogP contribution >= 0.6 is 0 Å². The van der Waals surface area contributed by atoms with Gasteiger partial charge in [-0.3, -0.25) is 4.79 Å². The summed E-state index contributed by atoms with van der Waals surface area (Å²) in [6.07, 6.45) is 1.36. The number of nitrogens with zero attached hydrogens (tertiary/aromatic N) is 1. The van der Waals surface area contributed by atoms with Gasteiger partial charge < -0.3 is 19.7 Å². The highest BCUT2D eigenvalue weighted by molar-refractivity contribution is 5.94. The van der Waals surface area contributed by atoms with E-state index in [1.807, 2.05) is 20.8 Å². The molecule has 0 aromatic heterocycles. The number of nitrogens with one attached hydrogen (secondary N) is 1. The van der Waals surface area contributed by atoms with Crippen LogP contribution < -0.4 is 10.1 Å². The van der Waals surface area contributed by atoms with Crippen LogP contribution in [0.4, 0.5) is 4.79 Å². The second kappa shape index (κ2) is 7.55. The number of methoxy groups -OCH3 is 1. The van der Waals surface area contributed by atoms with E-state index in [9.17, 15) is 9.59 Å². The van der Waals surface area contributed by atoms with E-state index in [1.54, 1.807) is 36.3 Å². The molecule has 1 heterocycles. The molecule has 132 valence electrons. The number of rotatable bonds is 3. The van der Waals surface area contributed by atoms with Crippen molar-refractivity contribution in [2.75, 3.05) is 20.2 Å². The largest absolute Gasteiger partial charge is 0.497 e. The number of likely N-dealkylation sites (tertiary alicyclic amines) is 1. The normalized spacial score (nSPS) is 18.0. The van der Waals surface area contributed by atoms with Gasteiger partial charge in [0.1, 0.15) is 11.4 Å². The van der Waals surface area contributed by atoms with E-state index in [4.69, 9.17) is 9.47 Å². The molecule has 1 aromatic rings. The van der Waals surface area contributed by atoms with Crippen LogP contribution in [-0.4, -0.2) is 48.7 Å². The van der Waals surface area contributed by atoms with Crippen molar-refractivity contribution >= 4 is 12.0 Å². The van der Waals surface area contributed by atoms with Crippen molar-refractivity contribution < 1.29 is 19.1 Å². The van der Waals surface area contributed by atoms with Gasteiger partial charge in [0.25, 0.3) is 5.91 Å². The highest BCUT2D eigenvalue weighted by Crippen LogP contribution is 2.16. The molecule has 1 unspecified atom stereocenters. The Labute approximate surface area is 143 Å². The SMILES string of the molecule is COc1ccc(C(=O)NC2CCCN(C(=O)OC(C)(C)C)C2)cc1. The fourth-order valence-electron chi connectivity index (χ4n) is 2.60. The summed E-state index contributed by atoms with van der Waals surface area (Å²) in [6, 6.07) is 6.89. The minimum atomic E-state index is -0.517. The third-order valence-electron chi connectivity index (χ3n) is 3.76. The first-order valence-corrected chi connectivity index (χ1v) is 8.21. The minimum Gasteiger partial charge on any atom is -0.497 e. The zero-order chi connectivity index (χ0) is 17.7. The molecule has 1 fully saturated rings. The maximum atomic E-state index is 12.3. The summed E-state index contributed by atoms with van der Waals surface area (Å²) in [5, 5.41) is 2.99. The summed E-state index contributed by atoms with van der Waals surface area (Å²) >= 11 is 0. The first-order chi connectivity index (χ1) is 11.3. The molecule has 0 bridgehead atoms. The van der Waals surface area contributed by atoms with E-state index in [0.29, 0.717) is 24.4 Å². The van der Waals surface area contributed by atoms with Crippen LogP contribution in [0, 0.1) is 0 Å². The Kier molecular flexibility index (Phi) is 5.70. The zero-order valence-electron chi connectivity index (χ0n) is 14.8. The molecule has 1 atom stereocenters. The first-order valence-electron chi connectivity index (χ1n) is 8.21. The number of piperidine rings is 1. The Hall–Kier alpha value is -2.24. The van der Waals surface area contributed by atoms with Crippen molar-refractivity contribution in [2.24, 2.45) is 0 Å². The van der Waals surface area contributed by atoms with Crippen LogP contribution in [0.5, 0.6) is 5.75 Å². The summed E-state index contributed by atoms with van der Waals surface area (Å²) in [4.78, 5) is 26.2. The lowest BCUT2D eigenvalue weighted by atomic mass is 10.1.